The molecule has 0 spiro atoms. The van der Waals surface area contributed by atoms with E-state index in [0.29, 0.717) is 34.9 Å². The van der Waals surface area contributed by atoms with Crippen LogP contribution in [0.25, 0.3) is 0 Å². The molecule has 0 fully saturated rings. The van der Waals surface area contributed by atoms with Crippen LogP contribution < -0.4 is 10.6 Å². The molecule has 2 aromatic carbocycles. The zero-order valence-corrected chi connectivity index (χ0v) is 15.6. The lowest BCUT2D eigenvalue weighted by atomic mass is 10.1. The summed E-state index contributed by atoms with van der Waals surface area (Å²) >= 11 is 0. The Hall–Kier alpha value is -3.41. The Kier molecular flexibility index (Phi) is 5.35. The van der Waals surface area contributed by atoms with E-state index in [4.69, 9.17) is 0 Å². The van der Waals surface area contributed by atoms with Crippen LogP contribution >= 0.6 is 0 Å². The predicted octanol–water partition coefficient (Wildman–Crippen LogP) is 4.02. The number of rotatable bonds is 5. The Morgan fingerprint density at radius 3 is 2.22 bits per heavy atom. The molecule has 0 saturated carbocycles. The SMILES string of the molecule is CCn1nc(C)c(NC(=O)c2ccc(C)cc2)c1C(=O)Nc1ccccc1. The van der Waals surface area contributed by atoms with Gasteiger partial charge in [-0.3, -0.25) is 14.3 Å². The van der Waals surface area contributed by atoms with Crippen molar-refractivity contribution in [1.29, 1.82) is 0 Å². The summed E-state index contributed by atoms with van der Waals surface area (Å²) in [5, 5.41) is 10.1. The highest BCUT2D eigenvalue weighted by Crippen LogP contribution is 2.23. The molecule has 0 bridgehead atoms. The maximum absolute atomic E-state index is 12.9. The number of carbonyl (C=O) groups excluding carboxylic acids is 2. The molecule has 0 unspecified atom stereocenters. The van der Waals surface area contributed by atoms with Gasteiger partial charge in [0, 0.05) is 17.8 Å². The highest BCUT2D eigenvalue weighted by atomic mass is 16.2. The van der Waals surface area contributed by atoms with Crippen LogP contribution in [0.3, 0.4) is 0 Å². The van der Waals surface area contributed by atoms with E-state index in [-0.39, 0.29) is 11.8 Å². The average molecular weight is 362 g/mol. The molecular weight excluding hydrogens is 340 g/mol. The maximum Gasteiger partial charge on any atom is 0.276 e. The lowest BCUT2D eigenvalue weighted by molar-refractivity contribution is 0.101. The van der Waals surface area contributed by atoms with E-state index < -0.39 is 0 Å². The van der Waals surface area contributed by atoms with Gasteiger partial charge in [0.1, 0.15) is 5.69 Å². The third-order valence-electron chi connectivity index (χ3n) is 4.23. The molecule has 3 rings (SSSR count). The van der Waals surface area contributed by atoms with Crippen LogP contribution in [0.15, 0.2) is 54.6 Å². The Balaban J connectivity index is 1.91. The molecule has 2 N–H and O–H groups in total. The Morgan fingerprint density at radius 1 is 0.926 bits per heavy atom. The van der Waals surface area contributed by atoms with E-state index >= 15 is 0 Å². The molecule has 2 amide bonds. The molecule has 0 aliphatic rings. The number of aryl methyl sites for hydroxylation is 3. The zero-order chi connectivity index (χ0) is 19.4. The van der Waals surface area contributed by atoms with Crippen LogP contribution in [0.1, 0.15) is 39.0 Å². The first-order chi connectivity index (χ1) is 13.0. The van der Waals surface area contributed by atoms with Gasteiger partial charge in [0.2, 0.25) is 0 Å². The highest BCUT2D eigenvalue weighted by Gasteiger charge is 2.23. The molecule has 1 heterocycles. The van der Waals surface area contributed by atoms with Gasteiger partial charge in [0.05, 0.1) is 11.4 Å². The number of aromatic nitrogens is 2. The van der Waals surface area contributed by atoms with Gasteiger partial charge in [0.15, 0.2) is 0 Å². The molecule has 0 aliphatic heterocycles. The van der Waals surface area contributed by atoms with Crippen molar-refractivity contribution < 1.29 is 9.59 Å². The minimum absolute atomic E-state index is 0.275. The second-order valence-corrected chi connectivity index (χ2v) is 6.27. The molecule has 0 saturated heterocycles. The maximum atomic E-state index is 12.9. The fraction of sp³-hybridized carbons (Fsp3) is 0.190. The molecule has 138 valence electrons. The predicted molar refractivity (Wildman–Crippen MR) is 106 cm³/mol. The molecule has 3 aromatic rings. The zero-order valence-electron chi connectivity index (χ0n) is 15.6. The Morgan fingerprint density at radius 2 is 1.59 bits per heavy atom. The molecule has 1 aromatic heterocycles. The van der Waals surface area contributed by atoms with Crippen LogP contribution in [0, 0.1) is 13.8 Å². The summed E-state index contributed by atoms with van der Waals surface area (Å²) < 4.78 is 1.60. The van der Waals surface area contributed by atoms with Crippen molar-refractivity contribution >= 4 is 23.2 Å². The van der Waals surface area contributed by atoms with Crippen molar-refractivity contribution in [2.75, 3.05) is 10.6 Å². The quantitative estimate of drug-likeness (QED) is 0.720. The fourth-order valence-corrected chi connectivity index (χ4v) is 2.79. The molecule has 0 aliphatic carbocycles. The third-order valence-corrected chi connectivity index (χ3v) is 4.23. The van der Waals surface area contributed by atoms with Gasteiger partial charge < -0.3 is 10.6 Å². The summed E-state index contributed by atoms with van der Waals surface area (Å²) in [6.45, 7) is 6.15. The van der Waals surface area contributed by atoms with Gasteiger partial charge in [-0.05, 0) is 45.0 Å². The fourth-order valence-electron chi connectivity index (χ4n) is 2.79. The van der Waals surface area contributed by atoms with Gasteiger partial charge in [-0.15, -0.1) is 0 Å². The first-order valence-electron chi connectivity index (χ1n) is 8.81. The Bertz CT molecular complexity index is 960. The standard InChI is InChI=1S/C21H22N4O2/c1-4-25-19(21(27)22-17-8-6-5-7-9-17)18(15(3)24-25)23-20(26)16-12-10-14(2)11-13-16/h5-13H,4H2,1-3H3,(H,22,27)(H,23,26). The summed E-state index contributed by atoms with van der Waals surface area (Å²) in [5.41, 5.74) is 3.63. The van der Waals surface area contributed by atoms with Crippen LogP contribution in [-0.2, 0) is 6.54 Å². The molecule has 6 heteroatoms. The summed E-state index contributed by atoms with van der Waals surface area (Å²) in [7, 11) is 0. The summed E-state index contributed by atoms with van der Waals surface area (Å²) in [4.78, 5) is 25.5. The van der Waals surface area contributed by atoms with Gasteiger partial charge in [-0.1, -0.05) is 35.9 Å². The minimum atomic E-state index is -0.317. The van der Waals surface area contributed by atoms with Crippen molar-refractivity contribution in [3.63, 3.8) is 0 Å². The van der Waals surface area contributed by atoms with Crippen molar-refractivity contribution in [2.24, 2.45) is 0 Å². The summed E-state index contributed by atoms with van der Waals surface area (Å²) in [6, 6.07) is 16.5. The smallest absolute Gasteiger partial charge is 0.276 e. The second-order valence-electron chi connectivity index (χ2n) is 6.27. The molecule has 6 nitrogen and oxygen atoms in total. The topological polar surface area (TPSA) is 76.0 Å². The third kappa shape index (κ3) is 4.06. The number of anilines is 2. The number of nitrogens with one attached hydrogen (secondary N) is 2. The minimum Gasteiger partial charge on any atom is -0.321 e. The summed E-state index contributed by atoms with van der Waals surface area (Å²) in [5.74, 6) is -0.592. The van der Waals surface area contributed by atoms with E-state index in [1.54, 1.807) is 23.7 Å². The molecular formula is C21H22N4O2. The van der Waals surface area contributed by atoms with E-state index in [2.05, 4.69) is 15.7 Å². The van der Waals surface area contributed by atoms with E-state index in [1.807, 2.05) is 56.3 Å². The first-order valence-corrected chi connectivity index (χ1v) is 8.81. The van der Waals surface area contributed by atoms with Crippen LogP contribution in [-0.4, -0.2) is 21.6 Å². The second kappa shape index (κ2) is 7.86. The van der Waals surface area contributed by atoms with Crippen LogP contribution in [0.5, 0.6) is 0 Å². The van der Waals surface area contributed by atoms with E-state index in [9.17, 15) is 9.59 Å². The number of hydrogen-bond acceptors (Lipinski definition) is 3. The number of amides is 2. The molecule has 27 heavy (non-hydrogen) atoms. The Labute approximate surface area is 158 Å². The highest BCUT2D eigenvalue weighted by molar-refractivity contribution is 6.12. The first kappa shape index (κ1) is 18.4. The van der Waals surface area contributed by atoms with Gasteiger partial charge in [-0.2, -0.15) is 5.10 Å². The number of nitrogens with zero attached hydrogens (tertiary/aromatic N) is 2. The van der Waals surface area contributed by atoms with Crippen LogP contribution in [0.4, 0.5) is 11.4 Å². The normalized spacial score (nSPS) is 10.5. The van der Waals surface area contributed by atoms with Gasteiger partial charge in [0.25, 0.3) is 11.8 Å². The van der Waals surface area contributed by atoms with Crippen molar-refractivity contribution in [3.8, 4) is 0 Å². The lowest BCUT2D eigenvalue weighted by Gasteiger charge is -2.10. The number of hydrogen-bond donors (Lipinski definition) is 2. The van der Waals surface area contributed by atoms with Crippen molar-refractivity contribution in [2.45, 2.75) is 27.3 Å². The summed E-state index contributed by atoms with van der Waals surface area (Å²) in [6.07, 6.45) is 0. The monoisotopic (exact) mass is 362 g/mol. The number of para-hydroxylation sites is 1. The largest absolute Gasteiger partial charge is 0.321 e. The molecule has 0 radical (unpaired) electrons. The van der Waals surface area contributed by atoms with Gasteiger partial charge >= 0.3 is 0 Å². The van der Waals surface area contributed by atoms with Crippen molar-refractivity contribution in [1.82, 2.24) is 9.78 Å². The lowest BCUT2D eigenvalue weighted by Crippen LogP contribution is -2.21. The average Bonchev–Trinajstić information content (AvgIpc) is 2.98. The van der Waals surface area contributed by atoms with Crippen molar-refractivity contribution in [3.05, 3.63) is 77.1 Å². The molecule has 0 atom stereocenters. The number of carbonyl (C=O) groups is 2. The van der Waals surface area contributed by atoms with E-state index in [1.165, 1.54) is 0 Å². The van der Waals surface area contributed by atoms with E-state index in [0.717, 1.165) is 5.56 Å². The van der Waals surface area contributed by atoms with Gasteiger partial charge in [-0.25, -0.2) is 0 Å². The number of benzene rings is 2. The van der Waals surface area contributed by atoms with Crippen LogP contribution in [0.2, 0.25) is 0 Å².